The number of nitrogens with one attached hydrogen (secondary N) is 2. The molecule has 1 aliphatic heterocycles. The van der Waals surface area contributed by atoms with E-state index in [2.05, 4.69) is 31.5 Å². The number of pyridine rings is 1. The van der Waals surface area contributed by atoms with E-state index in [9.17, 15) is 9.18 Å². The van der Waals surface area contributed by atoms with Gasteiger partial charge in [-0.1, -0.05) is 24.3 Å². The molecule has 2 atom stereocenters. The number of hydrogen-bond donors (Lipinski definition) is 2. The van der Waals surface area contributed by atoms with Crippen molar-refractivity contribution >= 4 is 44.9 Å². The first-order valence-electron chi connectivity index (χ1n) is 11.4. The summed E-state index contributed by atoms with van der Waals surface area (Å²) >= 11 is 9.09. The van der Waals surface area contributed by atoms with Crippen LogP contribution in [0.1, 0.15) is 30.0 Å². The number of benzene rings is 2. The number of hydrogen-bond acceptors (Lipinski definition) is 4. The van der Waals surface area contributed by atoms with Crippen molar-refractivity contribution in [3.8, 4) is 11.3 Å². The van der Waals surface area contributed by atoms with Crippen molar-refractivity contribution in [2.24, 2.45) is 0 Å². The maximum atomic E-state index is 13.6. The molecule has 1 aliphatic rings. The Hall–Kier alpha value is -3.56. The van der Waals surface area contributed by atoms with E-state index < -0.39 is 0 Å². The zero-order valence-corrected chi connectivity index (χ0v) is 21.4. The summed E-state index contributed by atoms with van der Waals surface area (Å²) in [4.78, 5) is 19.1. The van der Waals surface area contributed by atoms with Gasteiger partial charge in [0.05, 0.1) is 11.7 Å². The Morgan fingerprint density at radius 1 is 1.11 bits per heavy atom. The van der Waals surface area contributed by atoms with Gasteiger partial charge in [-0.3, -0.25) is 9.78 Å². The van der Waals surface area contributed by atoms with Gasteiger partial charge in [0.2, 0.25) is 5.91 Å². The Bertz CT molecular complexity index is 1380. The van der Waals surface area contributed by atoms with Crippen LogP contribution in [-0.4, -0.2) is 27.4 Å². The Morgan fingerprint density at radius 2 is 1.92 bits per heavy atom. The Labute approximate surface area is 221 Å². The van der Waals surface area contributed by atoms with Gasteiger partial charge >= 0.3 is 0 Å². The van der Waals surface area contributed by atoms with E-state index in [-0.39, 0.29) is 30.2 Å². The lowest BCUT2D eigenvalue weighted by Gasteiger charge is -2.25. The van der Waals surface area contributed by atoms with E-state index in [0.717, 1.165) is 16.9 Å². The molecule has 182 valence electrons. The van der Waals surface area contributed by atoms with Gasteiger partial charge < -0.3 is 20.0 Å². The summed E-state index contributed by atoms with van der Waals surface area (Å²) in [5.74, 6) is 0.807. The number of rotatable bonds is 7. The Balaban J connectivity index is 1.42. The quantitative estimate of drug-likeness (QED) is 0.259. The van der Waals surface area contributed by atoms with Gasteiger partial charge in [-0.05, 0) is 82.7 Å². The van der Waals surface area contributed by atoms with Crippen LogP contribution in [0, 0.1) is 5.82 Å². The first-order chi connectivity index (χ1) is 17.5. The normalized spacial score (nSPS) is 17.2. The number of amides is 1. The molecule has 2 aromatic heterocycles. The van der Waals surface area contributed by atoms with Crippen molar-refractivity contribution in [1.82, 2.24) is 15.2 Å². The van der Waals surface area contributed by atoms with E-state index >= 15 is 0 Å². The van der Waals surface area contributed by atoms with Crippen LogP contribution in [0.25, 0.3) is 11.3 Å². The summed E-state index contributed by atoms with van der Waals surface area (Å²) in [7, 11) is 0. The zero-order valence-electron chi connectivity index (χ0n) is 19.0. The molecule has 5 rings (SSSR count). The molecule has 0 bridgehead atoms. The average Bonchev–Trinajstić information content (AvgIpc) is 3.48. The zero-order chi connectivity index (χ0) is 25.1. The van der Waals surface area contributed by atoms with Crippen LogP contribution in [0.4, 0.5) is 10.1 Å². The maximum absolute atomic E-state index is 13.6. The summed E-state index contributed by atoms with van der Waals surface area (Å²) in [6, 6.07) is 22.6. The van der Waals surface area contributed by atoms with E-state index in [1.807, 2.05) is 65.6 Å². The molecule has 1 fully saturated rings. The molecule has 36 heavy (non-hydrogen) atoms. The number of aromatic nitrogens is 1. The molecule has 9 heteroatoms. The number of nitrogens with zero attached hydrogens (tertiary/aromatic N) is 2. The summed E-state index contributed by atoms with van der Waals surface area (Å²) < 4.78 is 20.5. The number of halogens is 2. The molecule has 0 radical (unpaired) electrons. The highest BCUT2D eigenvalue weighted by atomic mass is 79.9. The molecule has 6 nitrogen and oxygen atoms in total. The second-order valence-corrected chi connectivity index (χ2v) is 9.55. The van der Waals surface area contributed by atoms with Gasteiger partial charge in [-0.25, -0.2) is 4.39 Å². The molecule has 0 saturated carbocycles. The summed E-state index contributed by atoms with van der Waals surface area (Å²) in [5, 5.41) is 6.79. The third kappa shape index (κ3) is 5.17. The second kappa shape index (κ2) is 10.6. The maximum Gasteiger partial charge on any atom is 0.226 e. The Morgan fingerprint density at radius 3 is 2.67 bits per heavy atom. The highest BCUT2D eigenvalue weighted by Gasteiger charge is 2.41. The van der Waals surface area contributed by atoms with E-state index in [0.29, 0.717) is 27.7 Å². The minimum Gasteiger partial charge on any atom is -0.459 e. The van der Waals surface area contributed by atoms with Gasteiger partial charge in [0.25, 0.3) is 0 Å². The van der Waals surface area contributed by atoms with E-state index in [1.54, 1.807) is 12.3 Å². The minimum atomic E-state index is -0.335. The molecule has 0 spiro atoms. The summed E-state index contributed by atoms with van der Waals surface area (Å²) in [6.07, 6.45) is 1.97. The molecule has 2 aromatic carbocycles. The molecule has 4 aromatic rings. The van der Waals surface area contributed by atoms with Crippen LogP contribution >= 0.6 is 28.1 Å². The fourth-order valence-electron chi connectivity index (χ4n) is 4.27. The molecular formula is C27H22BrFN4O2S. The highest BCUT2D eigenvalue weighted by molar-refractivity contribution is 9.10. The lowest BCUT2D eigenvalue weighted by molar-refractivity contribution is -0.116. The van der Waals surface area contributed by atoms with Gasteiger partial charge in [0.15, 0.2) is 5.11 Å². The van der Waals surface area contributed by atoms with Crippen molar-refractivity contribution in [1.29, 1.82) is 0 Å². The first-order valence-corrected chi connectivity index (χ1v) is 12.6. The Kier molecular flexibility index (Phi) is 7.11. The number of carbonyl (C=O) groups excluding carboxylic acids is 1. The number of furan rings is 1. The lowest BCUT2D eigenvalue weighted by atomic mass is 10.0. The van der Waals surface area contributed by atoms with Crippen molar-refractivity contribution < 1.29 is 13.6 Å². The average molecular weight is 565 g/mol. The van der Waals surface area contributed by atoms with Crippen LogP contribution in [0.15, 0.2) is 93.9 Å². The molecule has 1 amide bonds. The standard InChI is InChI=1S/C27H22BrFN4O2S/c28-20-16-17(29)9-10-19(20)22-11-12-23(35-22)26-25(21-8-4-5-14-30-21)32-27(36)33(26)15-13-24(34)31-18-6-2-1-3-7-18/h1-12,14,16,25-26H,13,15H2,(H,31,34)(H,32,36)/t25-,26+/m0/s1. The van der Waals surface area contributed by atoms with Crippen LogP contribution in [0.2, 0.25) is 0 Å². The second-order valence-electron chi connectivity index (χ2n) is 8.31. The fraction of sp³-hybridized carbons (Fsp3) is 0.148. The largest absolute Gasteiger partial charge is 0.459 e. The van der Waals surface area contributed by atoms with Crippen molar-refractivity contribution in [2.75, 3.05) is 11.9 Å². The van der Waals surface area contributed by atoms with Crippen molar-refractivity contribution in [3.05, 3.63) is 107 Å². The van der Waals surface area contributed by atoms with Gasteiger partial charge in [-0.15, -0.1) is 0 Å². The van der Waals surface area contributed by atoms with Gasteiger partial charge in [0.1, 0.15) is 23.4 Å². The topological polar surface area (TPSA) is 70.4 Å². The summed E-state index contributed by atoms with van der Waals surface area (Å²) in [5.41, 5.74) is 2.29. The molecular weight excluding hydrogens is 543 g/mol. The predicted octanol–water partition coefficient (Wildman–Crippen LogP) is 6.24. The highest BCUT2D eigenvalue weighted by Crippen LogP contribution is 2.41. The number of anilines is 1. The van der Waals surface area contributed by atoms with Crippen LogP contribution < -0.4 is 10.6 Å². The van der Waals surface area contributed by atoms with E-state index in [4.69, 9.17) is 16.6 Å². The molecule has 1 saturated heterocycles. The summed E-state index contributed by atoms with van der Waals surface area (Å²) in [6.45, 7) is 0.384. The molecule has 0 aliphatic carbocycles. The number of para-hydroxylation sites is 1. The SMILES string of the molecule is O=C(CCN1C(=S)N[C@@H](c2ccccn2)[C@H]1c1ccc(-c2ccc(F)cc2Br)o1)Nc1ccccc1. The van der Waals surface area contributed by atoms with Crippen LogP contribution in [0.5, 0.6) is 0 Å². The lowest BCUT2D eigenvalue weighted by Crippen LogP contribution is -2.32. The fourth-order valence-corrected chi connectivity index (χ4v) is 5.15. The predicted molar refractivity (Wildman–Crippen MR) is 144 cm³/mol. The van der Waals surface area contributed by atoms with Gasteiger partial charge in [-0.2, -0.15) is 0 Å². The van der Waals surface area contributed by atoms with Gasteiger partial charge in [0, 0.05) is 34.9 Å². The monoisotopic (exact) mass is 564 g/mol. The molecule has 0 unspecified atom stereocenters. The van der Waals surface area contributed by atoms with E-state index in [1.165, 1.54) is 12.1 Å². The van der Waals surface area contributed by atoms with Crippen molar-refractivity contribution in [3.63, 3.8) is 0 Å². The van der Waals surface area contributed by atoms with Crippen molar-refractivity contribution in [2.45, 2.75) is 18.5 Å². The minimum absolute atomic E-state index is 0.112. The van der Waals surface area contributed by atoms with Crippen LogP contribution in [-0.2, 0) is 4.79 Å². The third-order valence-electron chi connectivity index (χ3n) is 5.95. The van der Waals surface area contributed by atoms with Crippen LogP contribution in [0.3, 0.4) is 0 Å². The molecule has 3 heterocycles. The third-order valence-corrected chi connectivity index (χ3v) is 6.96. The smallest absolute Gasteiger partial charge is 0.226 e. The first kappa shape index (κ1) is 24.1. The molecule has 2 N–H and O–H groups in total. The number of thiocarbonyl (C=S) groups is 1. The number of carbonyl (C=O) groups is 1.